The molecule has 0 aromatic heterocycles. The van der Waals surface area contributed by atoms with Crippen molar-refractivity contribution in [3.05, 3.63) is 22.8 Å². The van der Waals surface area contributed by atoms with E-state index in [0.717, 1.165) is 0 Å². The van der Waals surface area contributed by atoms with E-state index in [2.05, 4.69) is 51.0 Å². The molecule has 0 aliphatic heterocycles. The van der Waals surface area contributed by atoms with E-state index in [1.807, 2.05) is 11.8 Å². The first kappa shape index (κ1) is 16.0. The van der Waals surface area contributed by atoms with Crippen LogP contribution < -0.4 is 0 Å². The fourth-order valence-electron chi connectivity index (χ4n) is 1.62. The van der Waals surface area contributed by atoms with E-state index < -0.39 is 8.07 Å². The first-order chi connectivity index (χ1) is 7.52. The van der Waals surface area contributed by atoms with Crippen LogP contribution in [0.5, 0.6) is 0 Å². The van der Waals surface area contributed by atoms with Crippen LogP contribution in [0.3, 0.4) is 0 Å². The summed E-state index contributed by atoms with van der Waals surface area (Å²) >= 11 is 1.96. The van der Waals surface area contributed by atoms with Crippen molar-refractivity contribution >= 4 is 19.8 Å². The molecule has 16 heavy (non-hydrogen) atoms. The summed E-state index contributed by atoms with van der Waals surface area (Å²) in [7, 11) is -1.06. The van der Waals surface area contributed by atoms with Crippen molar-refractivity contribution < 1.29 is 0 Å². The standard InChI is InChI=1S/C14H28SSi/c1-6-7-8-9-10-11-12-13-14(15-2)16(3,4)5/h7-8,13H,6,9-12H2,1-5H3/b8-7-,14-13-. The Morgan fingerprint density at radius 1 is 1.06 bits per heavy atom. The van der Waals surface area contributed by atoms with E-state index in [-0.39, 0.29) is 0 Å². The molecule has 0 spiro atoms. The molecule has 0 saturated carbocycles. The van der Waals surface area contributed by atoms with Crippen LogP contribution in [0.2, 0.25) is 19.6 Å². The third kappa shape index (κ3) is 8.23. The van der Waals surface area contributed by atoms with Crippen LogP contribution in [0.15, 0.2) is 22.8 Å². The lowest BCUT2D eigenvalue weighted by Gasteiger charge is -2.18. The molecule has 0 N–H and O–H groups in total. The quantitative estimate of drug-likeness (QED) is 0.308. The number of thioether (sulfide) groups is 1. The lowest BCUT2D eigenvalue weighted by Crippen LogP contribution is -2.21. The maximum absolute atomic E-state index is 2.49. The number of unbranched alkanes of at least 4 members (excludes halogenated alkanes) is 3. The van der Waals surface area contributed by atoms with Crippen LogP contribution in [-0.2, 0) is 0 Å². The summed E-state index contributed by atoms with van der Waals surface area (Å²) in [6.45, 7) is 9.48. The maximum atomic E-state index is 2.49. The largest absolute Gasteiger partial charge is 0.139 e. The van der Waals surface area contributed by atoms with Crippen LogP contribution in [0.4, 0.5) is 0 Å². The molecule has 0 bridgehead atoms. The Hall–Kier alpha value is 0.0469. The summed E-state index contributed by atoms with van der Waals surface area (Å²) in [6, 6.07) is 0. The predicted molar refractivity (Wildman–Crippen MR) is 82.8 cm³/mol. The maximum Gasteiger partial charge on any atom is 0.0853 e. The average molecular weight is 257 g/mol. The van der Waals surface area contributed by atoms with Gasteiger partial charge < -0.3 is 0 Å². The van der Waals surface area contributed by atoms with E-state index in [1.165, 1.54) is 32.1 Å². The normalized spacial score (nSPS) is 13.7. The van der Waals surface area contributed by atoms with E-state index >= 15 is 0 Å². The molecule has 0 radical (unpaired) electrons. The minimum absolute atomic E-state index is 1.06. The van der Waals surface area contributed by atoms with Gasteiger partial charge in [-0.25, -0.2) is 0 Å². The second-order valence-corrected chi connectivity index (χ2v) is 11.4. The predicted octanol–water partition coefficient (Wildman–Crippen LogP) is 5.64. The van der Waals surface area contributed by atoms with Gasteiger partial charge in [0.1, 0.15) is 0 Å². The van der Waals surface area contributed by atoms with Gasteiger partial charge in [-0.05, 0) is 42.9 Å². The fraction of sp³-hybridized carbons (Fsp3) is 0.714. The molecule has 0 unspecified atom stereocenters. The van der Waals surface area contributed by atoms with Gasteiger partial charge in [0.2, 0.25) is 0 Å². The Labute approximate surface area is 108 Å². The summed E-state index contributed by atoms with van der Waals surface area (Å²) in [5.74, 6) is 0. The summed E-state index contributed by atoms with van der Waals surface area (Å²) in [5.41, 5.74) is 0. The van der Waals surface area contributed by atoms with Gasteiger partial charge in [0, 0.05) is 0 Å². The molecule has 0 atom stereocenters. The molecule has 0 nitrogen and oxygen atoms in total. The third-order valence-corrected chi connectivity index (χ3v) is 7.25. The summed E-state index contributed by atoms with van der Waals surface area (Å²) in [5, 5.41) is 0. The van der Waals surface area contributed by atoms with Crippen molar-refractivity contribution in [3.8, 4) is 0 Å². The highest BCUT2D eigenvalue weighted by Crippen LogP contribution is 2.25. The Morgan fingerprint density at radius 3 is 2.19 bits per heavy atom. The zero-order valence-electron chi connectivity index (χ0n) is 11.7. The van der Waals surface area contributed by atoms with E-state index in [4.69, 9.17) is 0 Å². The highest BCUT2D eigenvalue weighted by molar-refractivity contribution is 8.04. The van der Waals surface area contributed by atoms with Crippen molar-refractivity contribution in [2.24, 2.45) is 0 Å². The molecule has 0 aromatic rings. The molecule has 0 amide bonds. The van der Waals surface area contributed by atoms with Gasteiger partial charge in [-0.3, -0.25) is 0 Å². The van der Waals surface area contributed by atoms with Gasteiger partial charge in [0.05, 0.1) is 8.07 Å². The Bertz CT molecular complexity index is 223. The summed E-state index contributed by atoms with van der Waals surface area (Å²) < 4.78 is 1.66. The monoisotopic (exact) mass is 256 g/mol. The van der Waals surface area contributed by atoms with Crippen molar-refractivity contribution in [2.45, 2.75) is 58.7 Å². The smallest absolute Gasteiger partial charge is 0.0853 e. The molecular weight excluding hydrogens is 228 g/mol. The fourth-order valence-corrected chi connectivity index (χ4v) is 5.11. The molecular formula is C14H28SSi. The van der Waals surface area contributed by atoms with E-state index in [0.29, 0.717) is 0 Å². The number of allylic oxidation sites excluding steroid dienone is 3. The lowest BCUT2D eigenvalue weighted by molar-refractivity contribution is 0.761. The van der Waals surface area contributed by atoms with Gasteiger partial charge in [0.25, 0.3) is 0 Å². The first-order valence-electron chi connectivity index (χ1n) is 6.42. The highest BCUT2D eigenvalue weighted by atomic mass is 32.2. The lowest BCUT2D eigenvalue weighted by atomic mass is 10.2. The SMILES string of the molecule is CC/C=C\CCCC/C=C(/SC)[Si](C)(C)C. The van der Waals surface area contributed by atoms with Crippen LogP contribution >= 0.6 is 11.8 Å². The van der Waals surface area contributed by atoms with Crippen LogP contribution in [0.1, 0.15) is 39.0 Å². The molecule has 94 valence electrons. The first-order valence-corrected chi connectivity index (χ1v) is 11.1. The molecule has 2 heteroatoms. The molecule has 0 rings (SSSR count). The van der Waals surface area contributed by atoms with Gasteiger partial charge in [0.15, 0.2) is 0 Å². The second kappa shape index (κ2) is 9.12. The van der Waals surface area contributed by atoms with Crippen molar-refractivity contribution in [3.63, 3.8) is 0 Å². The zero-order chi connectivity index (χ0) is 12.4. The van der Waals surface area contributed by atoms with E-state index in [9.17, 15) is 0 Å². The molecule has 0 aliphatic carbocycles. The van der Waals surface area contributed by atoms with Gasteiger partial charge in [-0.2, -0.15) is 0 Å². The van der Waals surface area contributed by atoms with Crippen molar-refractivity contribution in [1.82, 2.24) is 0 Å². The van der Waals surface area contributed by atoms with E-state index in [1.54, 1.807) is 4.53 Å². The van der Waals surface area contributed by atoms with Crippen LogP contribution in [0.25, 0.3) is 0 Å². The van der Waals surface area contributed by atoms with Crippen LogP contribution in [0, 0.1) is 0 Å². The minimum atomic E-state index is -1.06. The van der Waals surface area contributed by atoms with Crippen LogP contribution in [-0.4, -0.2) is 14.3 Å². The molecule has 0 aromatic carbocycles. The molecule has 0 fully saturated rings. The summed E-state index contributed by atoms with van der Waals surface area (Å²) in [6.07, 6.45) is 15.6. The number of rotatable bonds is 8. The second-order valence-electron chi connectivity index (χ2n) is 5.19. The molecule has 0 aliphatic rings. The van der Waals surface area contributed by atoms with Gasteiger partial charge in [-0.15, -0.1) is 11.8 Å². The average Bonchev–Trinajstić information content (AvgIpc) is 2.20. The number of hydrogen-bond donors (Lipinski definition) is 0. The Balaban J connectivity index is 3.77. The van der Waals surface area contributed by atoms with Crippen molar-refractivity contribution in [2.75, 3.05) is 6.26 Å². The Morgan fingerprint density at radius 2 is 1.69 bits per heavy atom. The topological polar surface area (TPSA) is 0 Å². The minimum Gasteiger partial charge on any atom is -0.139 e. The molecule has 0 saturated heterocycles. The third-order valence-electron chi connectivity index (χ3n) is 2.52. The number of hydrogen-bond acceptors (Lipinski definition) is 1. The Kier molecular flexibility index (Phi) is 9.14. The van der Waals surface area contributed by atoms with Crippen molar-refractivity contribution in [1.29, 1.82) is 0 Å². The van der Waals surface area contributed by atoms with Gasteiger partial charge in [-0.1, -0.05) is 44.8 Å². The highest BCUT2D eigenvalue weighted by Gasteiger charge is 2.17. The zero-order valence-corrected chi connectivity index (χ0v) is 13.5. The van der Waals surface area contributed by atoms with Gasteiger partial charge >= 0.3 is 0 Å². The summed E-state index contributed by atoms with van der Waals surface area (Å²) in [4.78, 5) is 0. The molecule has 0 heterocycles.